The van der Waals surface area contributed by atoms with Gasteiger partial charge in [-0.15, -0.1) is 0 Å². The second-order valence-electron chi connectivity index (χ2n) is 7.83. The smallest absolute Gasteiger partial charge is 1.00 e. The van der Waals surface area contributed by atoms with E-state index in [9.17, 15) is 0 Å². The molecule has 0 heterocycles. The molecule has 2 atom stereocenters. The zero-order chi connectivity index (χ0) is 21.4. The number of ether oxygens (including phenoxy) is 4. The fraction of sp³-hybridized carbons (Fsp3) is 0.360. The summed E-state index contributed by atoms with van der Waals surface area (Å²) in [5.41, 5.74) is 6.42. The van der Waals surface area contributed by atoms with Crippen molar-refractivity contribution in [3.63, 3.8) is 0 Å². The molecule has 2 aromatic carbocycles. The first-order chi connectivity index (χ1) is 14.5. The molecule has 2 unspecified atom stereocenters. The zero-order valence-electron chi connectivity index (χ0n) is 19.2. The molecule has 0 saturated heterocycles. The number of halogens is 2. The van der Waals surface area contributed by atoms with Gasteiger partial charge in [-0.3, -0.25) is 0 Å². The number of hydrogen-bond acceptors (Lipinski definition) is 4. The summed E-state index contributed by atoms with van der Waals surface area (Å²) in [6.07, 6.45) is 6.90. The number of hydrogen-bond donors (Lipinski definition) is 0. The van der Waals surface area contributed by atoms with Gasteiger partial charge >= 0.3 is 191 Å². The maximum atomic E-state index is 5.81. The molecule has 0 saturated carbocycles. The topological polar surface area (TPSA) is 36.9 Å². The van der Waals surface area contributed by atoms with Crippen LogP contribution in [0.3, 0.4) is 0 Å². The molecule has 2 aliphatic rings. The molecule has 2 aliphatic carbocycles. The van der Waals surface area contributed by atoms with E-state index in [1.807, 2.05) is 24.3 Å². The number of allylic oxidation sites excluding steroid dienone is 2. The van der Waals surface area contributed by atoms with Crippen molar-refractivity contribution < 1.29 is 67.0 Å². The van der Waals surface area contributed by atoms with Gasteiger partial charge in [0.15, 0.2) is 0 Å². The third-order valence-electron chi connectivity index (χ3n) is 6.01. The number of fused-ring (bicyclic) bond motifs is 2. The molecule has 4 nitrogen and oxygen atoms in total. The fourth-order valence-corrected chi connectivity index (χ4v) is 9.72. The van der Waals surface area contributed by atoms with Crippen molar-refractivity contribution in [2.24, 2.45) is 5.92 Å². The summed E-state index contributed by atoms with van der Waals surface area (Å²) in [5, 5.41) is 0. The Bertz CT molecular complexity index is 1030. The fourth-order valence-electron chi connectivity index (χ4n) is 4.55. The Morgan fingerprint density at radius 2 is 1.22 bits per heavy atom. The van der Waals surface area contributed by atoms with Crippen molar-refractivity contribution in [1.82, 2.24) is 0 Å². The van der Waals surface area contributed by atoms with Crippen LogP contribution in [0.5, 0.6) is 23.0 Å². The maximum Gasteiger partial charge on any atom is -1.00 e. The first-order valence-electron chi connectivity index (χ1n) is 10.2. The van der Waals surface area contributed by atoms with E-state index in [1.54, 1.807) is 28.4 Å². The summed E-state index contributed by atoms with van der Waals surface area (Å²) in [4.78, 5) is 0. The van der Waals surface area contributed by atoms with Gasteiger partial charge in [-0.2, -0.15) is 0 Å². The Labute approximate surface area is 214 Å². The Kier molecular flexibility index (Phi) is 9.34. The number of rotatable bonds is 7. The van der Waals surface area contributed by atoms with Gasteiger partial charge in [0.05, 0.1) is 0 Å². The van der Waals surface area contributed by atoms with Crippen molar-refractivity contribution in [2.45, 2.75) is 21.1 Å². The van der Waals surface area contributed by atoms with E-state index >= 15 is 0 Å². The van der Waals surface area contributed by atoms with Gasteiger partial charge in [0.25, 0.3) is 0 Å². The molecular weight excluding hydrogens is 526 g/mol. The van der Waals surface area contributed by atoms with Crippen molar-refractivity contribution in [3.05, 3.63) is 58.2 Å². The Balaban J connectivity index is 0.00000181. The van der Waals surface area contributed by atoms with Gasteiger partial charge in [-0.25, -0.2) is 0 Å². The van der Waals surface area contributed by atoms with Gasteiger partial charge < -0.3 is 24.8 Å². The maximum absolute atomic E-state index is 5.81. The van der Waals surface area contributed by atoms with Gasteiger partial charge in [-0.1, -0.05) is 0 Å². The molecule has 170 valence electrons. The Morgan fingerprint density at radius 1 is 0.719 bits per heavy atom. The standard InChI is InChI=1S/C14H17O2.C11H11O2.2ClH.Zr/c1-9(2)10-7-11-12(8-10)14(16-4)6-5-13(11)15-3;1-12-10-6-7-11(13-2)9-5-3-4-8(9)10;;;/h5-9H,1-4H3;3-7H,1-2H3;2*1H;/q;;;;+2/p-2. The molecule has 4 rings (SSSR count). The molecule has 0 bridgehead atoms. The zero-order valence-corrected chi connectivity index (χ0v) is 23.1. The average Bonchev–Trinajstić information content (AvgIpc) is 3.35. The number of methoxy groups -OCH3 is 4. The molecule has 2 aromatic rings. The number of benzene rings is 2. The van der Waals surface area contributed by atoms with Crippen LogP contribution < -0.4 is 43.8 Å². The molecule has 0 N–H and O–H groups in total. The quantitative estimate of drug-likeness (QED) is 0.470. The molecule has 0 amide bonds. The van der Waals surface area contributed by atoms with Crippen LogP contribution in [-0.2, 0) is 23.2 Å². The van der Waals surface area contributed by atoms with Crippen molar-refractivity contribution in [2.75, 3.05) is 28.4 Å². The molecule has 32 heavy (non-hydrogen) atoms. The van der Waals surface area contributed by atoms with E-state index in [0.717, 1.165) is 28.6 Å². The second kappa shape index (κ2) is 11.1. The average molecular weight is 555 g/mol. The molecule has 0 aromatic heterocycles. The van der Waals surface area contributed by atoms with Crippen molar-refractivity contribution >= 4 is 12.2 Å². The molecular formula is C25H28Cl2O4Zr. The van der Waals surface area contributed by atoms with Crippen LogP contribution in [0.2, 0.25) is 0 Å². The van der Waals surface area contributed by atoms with Gasteiger partial charge in [0, 0.05) is 0 Å². The van der Waals surface area contributed by atoms with Crippen LogP contribution in [0.1, 0.15) is 43.4 Å². The Morgan fingerprint density at radius 3 is 1.75 bits per heavy atom. The van der Waals surface area contributed by atoms with Crippen LogP contribution in [0.25, 0.3) is 12.2 Å². The van der Waals surface area contributed by atoms with E-state index in [2.05, 4.69) is 32.1 Å². The third kappa shape index (κ3) is 4.49. The summed E-state index contributed by atoms with van der Waals surface area (Å²) in [6.45, 7) is 4.57. The molecule has 0 radical (unpaired) electrons. The Hall–Kier alpha value is -1.42. The van der Waals surface area contributed by atoms with E-state index in [-0.39, 0.29) is 24.8 Å². The largest absolute Gasteiger partial charge is 1.00 e. The van der Waals surface area contributed by atoms with E-state index in [0.29, 0.717) is 13.2 Å². The summed E-state index contributed by atoms with van der Waals surface area (Å²) >= 11 is -1.04. The monoisotopic (exact) mass is 552 g/mol. The molecule has 0 fully saturated rings. The SMILES string of the molecule is COc1ccc(OC)c2c1C=C[CH]2[Zr+2][CH]1C(C(C)C)=Cc2c(OC)ccc(OC)c21.[Cl-].[Cl-]. The van der Waals surface area contributed by atoms with E-state index in [1.165, 1.54) is 22.3 Å². The second-order valence-corrected chi connectivity index (χ2v) is 11.6. The summed E-state index contributed by atoms with van der Waals surface area (Å²) in [7, 11) is 6.98. The summed E-state index contributed by atoms with van der Waals surface area (Å²) in [6, 6.07) is 8.08. The predicted octanol–water partition coefficient (Wildman–Crippen LogP) is -0.326. The summed E-state index contributed by atoms with van der Waals surface area (Å²) in [5.74, 6) is 4.22. The third-order valence-corrected chi connectivity index (χ3v) is 10.4. The minimum absolute atomic E-state index is 0. The van der Waals surface area contributed by atoms with Gasteiger partial charge in [0.1, 0.15) is 0 Å². The molecule has 0 spiro atoms. The van der Waals surface area contributed by atoms with Crippen LogP contribution in [-0.4, -0.2) is 28.4 Å². The summed E-state index contributed by atoms with van der Waals surface area (Å²) < 4.78 is 23.7. The van der Waals surface area contributed by atoms with Crippen LogP contribution in [0, 0.1) is 5.92 Å². The van der Waals surface area contributed by atoms with E-state index < -0.39 is 23.2 Å². The predicted molar refractivity (Wildman–Crippen MR) is 116 cm³/mol. The van der Waals surface area contributed by atoms with Crippen LogP contribution in [0.4, 0.5) is 0 Å². The van der Waals surface area contributed by atoms with Crippen LogP contribution in [0.15, 0.2) is 35.9 Å². The van der Waals surface area contributed by atoms with Gasteiger partial charge in [0.2, 0.25) is 0 Å². The minimum Gasteiger partial charge on any atom is -1.00 e. The molecule has 0 aliphatic heterocycles. The van der Waals surface area contributed by atoms with Crippen molar-refractivity contribution in [1.29, 1.82) is 0 Å². The van der Waals surface area contributed by atoms with Crippen molar-refractivity contribution in [3.8, 4) is 23.0 Å². The first kappa shape index (κ1) is 26.8. The van der Waals surface area contributed by atoms with Crippen LogP contribution >= 0.6 is 0 Å². The molecule has 7 heteroatoms. The normalized spacial score (nSPS) is 17.4. The van der Waals surface area contributed by atoms with Gasteiger partial charge in [-0.05, 0) is 0 Å². The van der Waals surface area contributed by atoms with E-state index in [4.69, 9.17) is 18.9 Å². The minimum atomic E-state index is -1.04. The first-order valence-corrected chi connectivity index (χ1v) is 13.0.